The van der Waals surface area contributed by atoms with Gasteiger partial charge in [-0.3, -0.25) is 9.69 Å². The number of carbonyl (C=O) groups is 1. The number of anilines is 1. The van der Waals surface area contributed by atoms with Gasteiger partial charge in [-0.1, -0.05) is 18.1 Å². The molecule has 1 amide bonds. The first-order chi connectivity index (χ1) is 12.1. The summed E-state index contributed by atoms with van der Waals surface area (Å²) in [5.41, 5.74) is 1.57. The third-order valence-electron chi connectivity index (χ3n) is 5.07. The molecule has 0 radical (unpaired) electrons. The number of amides is 1. The van der Waals surface area contributed by atoms with Crippen molar-refractivity contribution in [1.29, 1.82) is 0 Å². The van der Waals surface area contributed by atoms with Gasteiger partial charge in [0.2, 0.25) is 5.91 Å². The zero-order valence-electron chi connectivity index (χ0n) is 14.9. The number of carbonyl (C=O) groups excluding carboxylic acids is 1. The van der Waals surface area contributed by atoms with Gasteiger partial charge in [0, 0.05) is 36.8 Å². The van der Waals surface area contributed by atoms with E-state index in [1.54, 1.807) is 0 Å². The standard InChI is InChI=1S/C18H23N5O2.ClH/c1-11-8-14(11)17(24)20-13-5-3-4-12(9-13)18-21-16(22-25-18)15-10-19-6-7-23(15)2;/h3-5,9,11,14-15,19H,6-8,10H2,1-2H3,(H,20,24);1H. The summed E-state index contributed by atoms with van der Waals surface area (Å²) >= 11 is 0. The van der Waals surface area contributed by atoms with Gasteiger partial charge in [-0.2, -0.15) is 4.98 Å². The summed E-state index contributed by atoms with van der Waals surface area (Å²) < 4.78 is 5.46. The Bertz CT molecular complexity index is 780. The van der Waals surface area contributed by atoms with E-state index in [9.17, 15) is 4.79 Å². The van der Waals surface area contributed by atoms with Crippen LogP contribution in [0.5, 0.6) is 0 Å². The Balaban J connectivity index is 0.00000196. The lowest BCUT2D eigenvalue weighted by molar-refractivity contribution is -0.117. The molecule has 26 heavy (non-hydrogen) atoms. The van der Waals surface area contributed by atoms with Gasteiger partial charge in [0.15, 0.2) is 5.82 Å². The van der Waals surface area contributed by atoms with Crippen molar-refractivity contribution in [3.05, 3.63) is 30.1 Å². The highest BCUT2D eigenvalue weighted by molar-refractivity contribution is 5.94. The second kappa shape index (κ2) is 7.73. The fraction of sp³-hybridized carbons (Fsp3) is 0.500. The Labute approximate surface area is 158 Å². The number of aromatic nitrogens is 2. The number of piperazine rings is 1. The molecule has 1 saturated carbocycles. The fourth-order valence-electron chi connectivity index (χ4n) is 3.23. The van der Waals surface area contributed by atoms with Crippen LogP contribution in [-0.4, -0.2) is 47.6 Å². The van der Waals surface area contributed by atoms with Crippen LogP contribution in [0.4, 0.5) is 5.69 Å². The van der Waals surface area contributed by atoms with Gasteiger partial charge in [-0.05, 0) is 37.6 Å². The Morgan fingerprint density at radius 2 is 2.23 bits per heavy atom. The summed E-state index contributed by atoms with van der Waals surface area (Å²) in [6, 6.07) is 7.68. The molecule has 1 aromatic heterocycles. The summed E-state index contributed by atoms with van der Waals surface area (Å²) in [6.07, 6.45) is 0.974. The second-order valence-corrected chi connectivity index (χ2v) is 7.05. The topological polar surface area (TPSA) is 83.3 Å². The lowest BCUT2D eigenvalue weighted by Gasteiger charge is -2.30. The highest BCUT2D eigenvalue weighted by atomic mass is 35.5. The van der Waals surface area contributed by atoms with Gasteiger partial charge in [-0.25, -0.2) is 0 Å². The van der Waals surface area contributed by atoms with Crippen LogP contribution < -0.4 is 10.6 Å². The molecule has 0 bridgehead atoms. The van der Waals surface area contributed by atoms with Gasteiger partial charge in [-0.15, -0.1) is 12.4 Å². The predicted molar refractivity (Wildman–Crippen MR) is 101 cm³/mol. The van der Waals surface area contributed by atoms with E-state index in [1.165, 1.54) is 0 Å². The molecule has 2 aromatic rings. The number of nitrogens with zero attached hydrogens (tertiary/aromatic N) is 3. The number of halogens is 1. The van der Waals surface area contributed by atoms with Crippen LogP contribution in [0.25, 0.3) is 11.5 Å². The summed E-state index contributed by atoms with van der Waals surface area (Å²) in [7, 11) is 2.07. The van der Waals surface area contributed by atoms with Crippen molar-refractivity contribution in [3.8, 4) is 11.5 Å². The first-order valence-electron chi connectivity index (χ1n) is 8.77. The van der Waals surface area contributed by atoms with Gasteiger partial charge in [0.25, 0.3) is 5.89 Å². The van der Waals surface area contributed by atoms with Crippen molar-refractivity contribution in [2.75, 3.05) is 32.0 Å². The molecular weight excluding hydrogens is 354 g/mol. The lowest BCUT2D eigenvalue weighted by atomic mass is 10.2. The minimum Gasteiger partial charge on any atom is -0.334 e. The fourth-order valence-corrected chi connectivity index (χ4v) is 3.23. The largest absolute Gasteiger partial charge is 0.334 e. The third kappa shape index (κ3) is 3.90. The molecule has 3 atom stereocenters. The quantitative estimate of drug-likeness (QED) is 0.850. The monoisotopic (exact) mass is 377 g/mol. The van der Waals surface area contributed by atoms with Crippen molar-refractivity contribution in [3.63, 3.8) is 0 Å². The van der Waals surface area contributed by atoms with E-state index in [1.807, 2.05) is 24.3 Å². The van der Waals surface area contributed by atoms with Gasteiger partial charge < -0.3 is 15.2 Å². The minimum absolute atomic E-state index is 0. The molecule has 4 rings (SSSR count). The maximum atomic E-state index is 12.1. The Hall–Kier alpha value is -1.96. The van der Waals surface area contributed by atoms with Crippen LogP contribution in [-0.2, 0) is 4.79 Å². The average molecular weight is 378 g/mol. The zero-order valence-corrected chi connectivity index (χ0v) is 15.8. The van der Waals surface area contributed by atoms with E-state index < -0.39 is 0 Å². The molecule has 2 aliphatic rings. The van der Waals surface area contributed by atoms with E-state index in [-0.39, 0.29) is 30.3 Å². The number of likely N-dealkylation sites (N-methyl/N-ethyl adjacent to an activating group) is 1. The van der Waals surface area contributed by atoms with Crippen molar-refractivity contribution < 1.29 is 9.32 Å². The van der Waals surface area contributed by atoms with Crippen molar-refractivity contribution in [2.45, 2.75) is 19.4 Å². The third-order valence-corrected chi connectivity index (χ3v) is 5.07. The SMILES string of the molecule is CC1CC1C(=O)Nc1cccc(-c2nc(C3CNCCN3C)no2)c1.Cl. The predicted octanol–water partition coefficient (Wildman–Crippen LogP) is 2.33. The number of hydrogen-bond acceptors (Lipinski definition) is 6. The minimum atomic E-state index is 0. The maximum Gasteiger partial charge on any atom is 0.258 e. The molecule has 1 aromatic carbocycles. The first-order valence-corrected chi connectivity index (χ1v) is 8.77. The van der Waals surface area contributed by atoms with Crippen LogP contribution in [0.3, 0.4) is 0 Å². The smallest absolute Gasteiger partial charge is 0.258 e. The molecule has 3 unspecified atom stereocenters. The number of rotatable bonds is 4. The Morgan fingerprint density at radius 3 is 2.96 bits per heavy atom. The van der Waals surface area contributed by atoms with Crippen molar-refractivity contribution in [1.82, 2.24) is 20.4 Å². The number of nitrogens with one attached hydrogen (secondary N) is 2. The van der Waals surface area contributed by atoms with Crippen LogP contribution in [0.15, 0.2) is 28.8 Å². The van der Waals surface area contributed by atoms with E-state index in [4.69, 9.17) is 4.52 Å². The molecule has 1 aliphatic heterocycles. The molecule has 0 spiro atoms. The molecule has 140 valence electrons. The maximum absolute atomic E-state index is 12.1. The second-order valence-electron chi connectivity index (χ2n) is 7.05. The number of benzene rings is 1. The van der Waals surface area contributed by atoms with Gasteiger partial charge in [0.1, 0.15) is 0 Å². The number of hydrogen-bond donors (Lipinski definition) is 2. The highest BCUT2D eigenvalue weighted by Crippen LogP contribution is 2.38. The zero-order chi connectivity index (χ0) is 17.4. The lowest BCUT2D eigenvalue weighted by Crippen LogP contribution is -2.44. The summed E-state index contributed by atoms with van der Waals surface area (Å²) in [6.45, 7) is 4.83. The Morgan fingerprint density at radius 1 is 1.42 bits per heavy atom. The molecule has 2 fully saturated rings. The van der Waals surface area contributed by atoms with E-state index >= 15 is 0 Å². The molecule has 2 N–H and O–H groups in total. The van der Waals surface area contributed by atoms with E-state index in [0.717, 1.165) is 37.3 Å². The van der Waals surface area contributed by atoms with Crippen LogP contribution in [0, 0.1) is 11.8 Å². The molecular formula is C18H24ClN5O2. The van der Waals surface area contributed by atoms with Gasteiger partial charge >= 0.3 is 0 Å². The molecule has 7 nitrogen and oxygen atoms in total. The molecule has 1 saturated heterocycles. The highest BCUT2D eigenvalue weighted by Gasteiger charge is 2.39. The van der Waals surface area contributed by atoms with E-state index in [2.05, 4.69) is 39.6 Å². The van der Waals surface area contributed by atoms with Crippen LogP contribution in [0.2, 0.25) is 0 Å². The van der Waals surface area contributed by atoms with Crippen LogP contribution >= 0.6 is 12.4 Å². The summed E-state index contributed by atoms with van der Waals surface area (Å²) in [5.74, 6) is 1.89. The summed E-state index contributed by atoms with van der Waals surface area (Å²) in [5, 5.41) is 10.5. The normalized spacial score (nSPS) is 25.4. The van der Waals surface area contributed by atoms with E-state index in [0.29, 0.717) is 17.6 Å². The van der Waals surface area contributed by atoms with Crippen LogP contribution in [0.1, 0.15) is 25.2 Å². The first kappa shape index (κ1) is 18.8. The van der Waals surface area contributed by atoms with Crippen molar-refractivity contribution >= 4 is 24.0 Å². The summed E-state index contributed by atoms with van der Waals surface area (Å²) in [4.78, 5) is 18.9. The van der Waals surface area contributed by atoms with Crippen molar-refractivity contribution in [2.24, 2.45) is 11.8 Å². The average Bonchev–Trinajstić information content (AvgIpc) is 3.15. The Kier molecular flexibility index (Phi) is 5.60. The molecule has 2 heterocycles. The van der Waals surface area contributed by atoms with Gasteiger partial charge in [0.05, 0.1) is 6.04 Å². The molecule has 1 aliphatic carbocycles. The molecule has 8 heteroatoms.